The van der Waals surface area contributed by atoms with Gasteiger partial charge in [0.2, 0.25) is 0 Å². The van der Waals surface area contributed by atoms with Gasteiger partial charge in [0.25, 0.3) is 0 Å². The van der Waals surface area contributed by atoms with Gasteiger partial charge in [0, 0.05) is 11.4 Å². The van der Waals surface area contributed by atoms with Gasteiger partial charge in [0.1, 0.15) is 17.5 Å². The van der Waals surface area contributed by atoms with Crippen LogP contribution in [0.3, 0.4) is 0 Å². The van der Waals surface area contributed by atoms with Crippen molar-refractivity contribution in [3.05, 3.63) is 34.6 Å². The number of rotatable bonds is 4. The largest absolute Gasteiger partial charge is 0.480 e. The molecule has 116 valence electrons. The van der Waals surface area contributed by atoms with Crippen molar-refractivity contribution >= 4 is 23.7 Å². The van der Waals surface area contributed by atoms with Gasteiger partial charge in [0.05, 0.1) is 0 Å². The Morgan fingerprint density at radius 1 is 1.38 bits per heavy atom. The van der Waals surface area contributed by atoms with E-state index < -0.39 is 29.5 Å². The number of carbonyl (C=O) groups excluding carboxylic acids is 1. The van der Waals surface area contributed by atoms with Gasteiger partial charge < -0.3 is 15.2 Å². The van der Waals surface area contributed by atoms with Crippen molar-refractivity contribution in [2.75, 3.05) is 0 Å². The Bertz CT molecular complexity index is 522. The molecule has 0 aromatic heterocycles. The fraction of sp³-hybridized carbons (Fsp3) is 0.429. The van der Waals surface area contributed by atoms with Crippen molar-refractivity contribution in [1.82, 2.24) is 5.32 Å². The molecule has 1 unspecified atom stereocenters. The van der Waals surface area contributed by atoms with Gasteiger partial charge in [-0.25, -0.2) is 14.0 Å². The fourth-order valence-corrected chi connectivity index (χ4v) is 1.86. The molecule has 0 aliphatic heterocycles. The van der Waals surface area contributed by atoms with Crippen LogP contribution in [0.25, 0.3) is 0 Å². The number of carboxylic acids is 1. The molecule has 1 atom stereocenters. The van der Waals surface area contributed by atoms with Gasteiger partial charge in [-0.05, 0) is 44.5 Å². The van der Waals surface area contributed by atoms with Crippen molar-refractivity contribution < 1.29 is 23.8 Å². The van der Waals surface area contributed by atoms with Crippen molar-refractivity contribution in [3.63, 3.8) is 0 Å². The molecule has 0 aliphatic rings. The summed E-state index contributed by atoms with van der Waals surface area (Å²) in [5.41, 5.74) is -0.376. The number of carboxylic acid groups (broad SMARTS) is 1. The third kappa shape index (κ3) is 6.44. The Balaban J connectivity index is 2.78. The molecule has 0 fully saturated rings. The maximum Gasteiger partial charge on any atom is 0.408 e. The lowest BCUT2D eigenvalue weighted by Crippen LogP contribution is -2.44. The molecule has 0 saturated carbocycles. The normalized spacial score (nSPS) is 12.6. The number of hydrogen-bond donors (Lipinski definition) is 2. The maximum absolute atomic E-state index is 13.2. The van der Waals surface area contributed by atoms with E-state index in [0.29, 0.717) is 5.56 Å². The number of aliphatic carboxylic acids is 1. The second kappa shape index (κ2) is 6.76. The van der Waals surface area contributed by atoms with E-state index in [1.807, 2.05) is 0 Å². The van der Waals surface area contributed by atoms with Crippen molar-refractivity contribution in [1.29, 1.82) is 0 Å². The number of carbonyl (C=O) groups is 2. The number of hydrogen-bond acceptors (Lipinski definition) is 3. The lowest BCUT2D eigenvalue weighted by atomic mass is 10.1. The molecule has 1 rings (SSSR count). The lowest BCUT2D eigenvalue weighted by molar-refractivity contribution is -0.139. The molecule has 1 aromatic carbocycles. The first-order chi connectivity index (χ1) is 9.56. The first kappa shape index (κ1) is 17.2. The highest BCUT2D eigenvalue weighted by Crippen LogP contribution is 2.16. The van der Waals surface area contributed by atoms with E-state index in [0.717, 1.165) is 6.07 Å². The zero-order chi connectivity index (χ0) is 16.2. The van der Waals surface area contributed by atoms with Crippen LogP contribution < -0.4 is 5.32 Å². The maximum atomic E-state index is 13.2. The summed E-state index contributed by atoms with van der Waals surface area (Å²) in [6.07, 6.45) is -0.955. The fourth-order valence-electron chi connectivity index (χ4n) is 1.61. The first-order valence-corrected chi connectivity index (χ1v) is 6.62. The average Bonchev–Trinajstić information content (AvgIpc) is 2.23. The zero-order valence-corrected chi connectivity index (χ0v) is 12.7. The zero-order valence-electron chi connectivity index (χ0n) is 11.9. The molecule has 0 heterocycles. The molecular formula is C14H17ClFNO4. The van der Waals surface area contributed by atoms with E-state index in [2.05, 4.69) is 5.32 Å². The van der Waals surface area contributed by atoms with Crippen molar-refractivity contribution in [2.45, 2.75) is 38.8 Å². The number of alkyl carbamates (subject to hydrolysis) is 1. The number of nitrogens with one attached hydrogen (secondary N) is 1. The lowest BCUT2D eigenvalue weighted by Gasteiger charge is -2.22. The molecule has 0 radical (unpaired) electrons. The Morgan fingerprint density at radius 3 is 2.48 bits per heavy atom. The molecule has 21 heavy (non-hydrogen) atoms. The highest BCUT2D eigenvalue weighted by molar-refractivity contribution is 6.30. The van der Waals surface area contributed by atoms with Crippen LogP contribution >= 0.6 is 11.6 Å². The van der Waals surface area contributed by atoms with Crippen LogP contribution in [0.2, 0.25) is 5.02 Å². The van der Waals surface area contributed by atoms with Crippen LogP contribution in [0.4, 0.5) is 9.18 Å². The van der Waals surface area contributed by atoms with Gasteiger partial charge in [-0.3, -0.25) is 0 Å². The van der Waals surface area contributed by atoms with Gasteiger partial charge in [-0.15, -0.1) is 0 Å². The van der Waals surface area contributed by atoms with Crippen LogP contribution in [-0.2, 0) is 16.0 Å². The second-order valence-electron chi connectivity index (χ2n) is 5.52. The molecule has 0 bridgehead atoms. The standard InChI is InChI=1S/C14H17ClFNO4/c1-14(2,3)21-13(20)17-11(12(18)19)6-8-4-9(15)7-10(16)5-8/h4-5,7,11H,6H2,1-3H3,(H,17,20)(H,18,19). The number of halogens is 2. The minimum Gasteiger partial charge on any atom is -0.480 e. The quantitative estimate of drug-likeness (QED) is 0.895. The highest BCUT2D eigenvalue weighted by atomic mass is 35.5. The topological polar surface area (TPSA) is 75.6 Å². The molecular weight excluding hydrogens is 301 g/mol. The molecule has 0 saturated heterocycles. The van der Waals surface area contributed by atoms with E-state index in [4.69, 9.17) is 21.4 Å². The van der Waals surface area contributed by atoms with Crippen molar-refractivity contribution in [3.8, 4) is 0 Å². The Hall–Kier alpha value is -1.82. The van der Waals surface area contributed by atoms with Crippen LogP contribution in [0.5, 0.6) is 0 Å². The predicted octanol–water partition coefficient (Wildman–Crippen LogP) is 3.00. The molecule has 5 nitrogen and oxygen atoms in total. The summed E-state index contributed by atoms with van der Waals surface area (Å²) >= 11 is 5.71. The summed E-state index contributed by atoms with van der Waals surface area (Å²) in [5.74, 6) is -1.82. The van der Waals surface area contributed by atoms with E-state index in [-0.39, 0.29) is 11.4 Å². The highest BCUT2D eigenvalue weighted by Gasteiger charge is 2.24. The second-order valence-corrected chi connectivity index (χ2v) is 5.96. The van der Waals surface area contributed by atoms with E-state index >= 15 is 0 Å². The third-order valence-electron chi connectivity index (χ3n) is 2.35. The number of benzene rings is 1. The van der Waals surface area contributed by atoms with Gasteiger partial charge in [-0.2, -0.15) is 0 Å². The van der Waals surface area contributed by atoms with Crippen molar-refractivity contribution in [2.24, 2.45) is 0 Å². The Labute approximate surface area is 127 Å². The average molecular weight is 318 g/mol. The van der Waals surface area contributed by atoms with Gasteiger partial charge >= 0.3 is 12.1 Å². The van der Waals surface area contributed by atoms with Crippen LogP contribution in [0.1, 0.15) is 26.3 Å². The Kier molecular flexibility index (Phi) is 5.54. The Morgan fingerprint density at radius 2 is 2.00 bits per heavy atom. The summed E-state index contributed by atoms with van der Waals surface area (Å²) in [6, 6.07) is 2.48. The molecule has 7 heteroatoms. The summed E-state index contributed by atoms with van der Waals surface area (Å²) in [4.78, 5) is 22.8. The van der Waals surface area contributed by atoms with E-state index in [1.165, 1.54) is 12.1 Å². The van der Waals surface area contributed by atoms with Gasteiger partial charge in [0.15, 0.2) is 0 Å². The predicted molar refractivity (Wildman–Crippen MR) is 75.9 cm³/mol. The summed E-state index contributed by atoms with van der Waals surface area (Å²) < 4.78 is 18.2. The summed E-state index contributed by atoms with van der Waals surface area (Å²) in [6.45, 7) is 4.98. The minimum atomic E-state index is -1.25. The molecule has 1 amide bonds. The van der Waals surface area contributed by atoms with Crippen LogP contribution in [0.15, 0.2) is 18.2 Å². The van der Waals surface area contributed by atoms with Crippen LogP contribution in [-0.4, -0.2) is 28.8 Å². The monoisotopic (exact) mass is 317 g/mol. The number of ether oxygens (including phenoxy) is 1. The van der Waals surface area contributed by atoms with Gasteiger partial charge in [-0.1, -0.05) is 11.6 Å². The summed E-state index contributed by atoms with van der Waals surface area (Å²) in [5, 5.41) is 11.5. The molecule has 1 aromatic rings. The molecule has 2 N–H and O–H groups in total. The first-order valence-electron chi connectivity index (χ1n) is 6.24. The van der Waals surface area contributed by atoms with E-state index in [9.17, 15) is 14.0 Å². The molecule has 0 spiro atoms. The third-order valence-corrected chi connectivity index (χ3v) is 2.57. The number of amides is 1. The van der Waals surface area contributed by atoms with E-state index in [1.54, 1.807) is 20.8 Å². The molecule has 0 aliphatic carbocycles. The summed E-state index contributed by atoms with van der Waals surface area (Å²) in [7, 11) is 0. The minimum absolute atomic E-state index is 0.105. The SMILES string of the molecule is CC(C)(C)OC(=O)NC(Cc1cc(F)cc(Cl)c1)C(=O)O. The smallest absolute Gasteiger partial charge is 0.408 e. The van der Waals surface area contributed by atoms with Crippen LogP contribution in [0, 0.1) is 5.82 Å².